The second-order valence-corrected chi connectivity index (χ2v) is 7.21. The second-order valence-electron chi connectivity index (χ2n) is 7.21. The van der Waals surface area contributed by atoms with Crippen molar-refractivity contribution in [2.75, 3.05) is 13.1 Å². The molecule has 118 valence electrons. The molecule has 0 radical (unpaired) electrons. The van der Waals surface area contributed by atoms with Crippen molar-refractivity contribution in [3.63, 3.8) is 0 Å². The summed E-state index contributed by atoms with van der Waals surface area (Å²) in [5, 5.41) is 3.38. The molecule has 3 aliphatic rings. The Hall–Kier alpha value is -1.35. The summed E-state index contributed by atoms with van der Waals surface area (Å²) >= 11 is 0. The Labute approximate surface area is 133 Å². The Morgan fingerprint density at radius 3 is 2.73 bits per heavy atom. The third-order valence-electron chi connectivity index (χ3n) is 5.31. The molecule has 0 heterocycles. The van der Waals surface area contributed by atoms with Crippen LogP contribution in [-0.2, 0) is 11.2 Å². The second kappa shape index (κ2) is 6.04. The highest BCUT2D eigenvalue weighted by atomic mass is 16.2. The molecule has 0 aromatic heterocycles. The van der Waals surface area contributed by atoms with Crippen molar-refractivity contribution in [3.05, 3.63) is 35.4 Å². The minimum atomic E-state index is 0.310. The van der Waals surface area contributed by atoms with Crippen LogP contribution >= 0.6 is 0 Å². The fraction of sp³-hybridized carbons (Fsp3) is 0.632. The normalized spacial score (nSPS) is 23.9. The van der Waals surface area contributed by atoms with Crippen LogP contribution in [0.5, 0.6) is 0 Å². The minimum Gasteiger partial charge on any atom is -0.332 e. The summed E-state index contributed by atoms with van der Waals surface area (Å²) in [5.41, 5.74) is 2.85. The highest BCUT2D eigenvalue weighted by Crippen LogP contribution is 2.40. The molecule has 3 nitrogen and oxygen atoms in total. The van der Waals surface area contributed by atoms with E-state index in [1.165, 1.54) is 49.7 Å². The van der Waals surface area contributed by atoms with Gasteiger partial charge >= 0.3 is 0 Å². The van der Waals surface area contributed by atoms with Gasteiger partial charge in [0.2, 0.25) is 5.91 Å². The van der Waals surface area contributed by atoms with E-state index in [4.69, 9.17) is 0 Å². The average molecular weight is 298 g/mol. The number of nitrogens with zero attached hydrogens (tertiary/aromatic N) is 1. The molecule has 22 heavy (non-hydrogen) atoms. The number of rotatable bonds is 6. The van der Waals surface area contributed by atoms with Crippen LogP contribution in [0, 0.1) is 5.92 Å². The first kappa shape index (κ1) is 14.3. The molecule has 2 fully saturated rings. The van der Waals surface area contributed by atoms with Gasteiger partial charge in [0.1, 0.15) is 0 Å². The van der Waals surface area contributed by atoms with E-state index in [2.05, 4.69) is 34.5 Å². The minimum absolute atomic E-state index is 0.310. The number of aryl methyl sites for hydroxylation is 1. The highest BCUT2D eigenvalue weighted by molar-refractivity contribution is 5.79. The zero-order valence-corrected chi connectivity index (χ0v) is 13.3. The Balaban J connectivity index is 1.48. The maximum atomic E-state index is 12.8. The fourth-order valence-corrected chi connectivity index (χ4v) is 3.80. The van der Waals surface area contributed by atoms with Crippen molar-refractivity contribution in [1.82, 2.24) is 10.2 Å². The topological polar surface area (TPSA) is 32.3 Å². The van der Waals surface area contributed by atoms with Crippen molar-refractivity contribution in [2.24, 2.45) is 5.92 Å². The maximum Gasteiger partial charge on any atom is 0.237 e. The number of hydrogen-bond donors (Lipinski definition) is 1. The van der Waals surface area contributed by atoms with Gasteiger partial charge in [0.25, 0.3) is 0 Å². The summed E-state index contributed by atoms with van der Waals surface area (Å²) in [6.07, 6.45) is 8.54. The van der Waals surface area contributed by atoms with Gasteiger partial charge in [-0.1, -0.05) is 24.3 Å². The molecule has 1 aromatic carbocycles. The zero-order chi connectivity index (χ0) is 14.9. The van der Waals surface area contributed by atoms with Crippen molar-refractivity contribution >= 4 is 5.91 Å². The average Bonchev–Trinajstić information content (AvgIpc) is 3.42. The number of hydrogen-bond acceptors (Lipinski definition) is 2. The van der Waals surface area contributed by atoms with E-state index in [1.807, 2.05) is 0 Å². The smallest absolute Gasteiger partial charge is 0.237 e. The molecular formula is C19H26N2O. The molecule has 4 rings (SSSR count). The van der Waals surface area contributed by atoms with E-state index >= 15 is 0 Å². The number of amides is 1. The molecule has 3 aliphatic carbocycles. The number of carbonyl (C=O) groups excluding carboxylic acids is 1. The van der Waals surface area contributed by atoms with Crippen LogP contribution in [0.1, 0.15) is 55.7 Å². The van der Waals surface area contributed by atoms with Gasteiger partial charge in [-0.3, -0.25) is 4.79 Å². The molecule has 1 unspecified atom stereocenters. The molecule has 0 aliphatic heterocycles. The van der Waals surface area contributed by atoms with E-state index in [-0.39, 0.29) is 0 Å². The molecule has 1 atom stereocenters. The largest absolute Gasteiger partial charge is 0.332 e. The highest BCUT2D eigenvalue weighted by Gasteiger charge is 2.39. The number of nitrogens with one attached hydrogen (secondary N) is 1. The number of benzene rings is 1. The summed E-state index contributed by atoms with van der Waals surface area (Å²) in [6.45, 7) is 1.54. The van der Waals surface area contributed by atoms with E-state index in [9.17, 15) is 4.79 Å². The van der Waals surface area contributed by atoms with Gasteiger partial charge in [0, 0.05) is 6.04 Å². The Kier molecular flexibility index (Phi) is 3.91. The van der Waals surface area contributed by atoms with Gasteiger partial charge in [0.15, 0.2) is 0 Å². The van der Waals surface area contributed by atoms with Crippen molar-refractivity contribution in [2.45, 2.75) is 57.0 Å². The lowest BCUT2D eigenvalue weighted by Gasteiger charge is -2.36. The van der Waals surface area contributed by atoms with Crippen molar-refractivity contribution < 1.29 is 4.79 Å². The van der Waals surface area contributed by atoms with Gasteiger partial charge in [-0.2, -0.15) is 0 Å². The summed E-state index contributed by atoms with van der Waals surface area (Å²) < 4.78 is 0. The van der Waals surface area contributed by atoms with Crippen molar-refractivity contribution in [1.29, 1.82) is 0 Å². The Bertz CT molecular complexity index is 548. The monoisotopic (exact) mass is 298 g/mol. The zero-order valence-electron chi connectivity index (χ0n) is 13.3. The Morgan fingerprint density at radius 2 is 1.95 bits per heavy atom. The lowest BCUT2D eigenvalue weighted by atomic mass is 9.86. The van der Waals surface area contributed by atoms with Gasteiger partial charge in [-0.25, -0.2) is 0 Å². The SMILES string of the molecule is O=C(CNCC1CC1)N(C1CC1)C1CCCc2ccccc21. The van der Waals surface area contributed by atoms with Crippen LogP contribution in [-0.4, -0.2) is 29.9 Å². The lowest BCUT2D eigenvalue weighted by Crippen LogP contribution is -2.43. The summed E-state index contributed by atoms with van der Waals surface area (Å²) in [4.78, 5) is 15.0. The predicted molar refractivity (Wildman–Crippen MR) is 87.6 cm³/mol. The molecule has 1 aromatic rings. The van der Waals surface area contributed by atoms with Crippen LogP contribution in [0.3, 0.4) is 0 Å². The fourth-order valence-electron chi connectivity index (χ4n) is 3.80. The number of fused-ring (bicyclic) bond motifs is 1. The first-order valence-corrected chi connectivity index (χ1v) is 8.92. The molecule has 3 heteroatoms. The third kappa shape index (κ3) is 3.05. The van der Waals surface area contributed by atoms with Crippen LogP contribution in [0.4, 0.5) is 0 Å². The van der Waals surface area contributed by atoms with Crippen molar-refractivity contribution in [3.8, 4) is 0 Å². The first-order valence-electron chi connectivity index (χ1n) is 8.92. The van der Waals surface area contributed by atoms with E-state index in [0.717, 1.165) is 18.9 Å². The van der Waals surface area contributed by atoms with E-state index < -0.39 is 0 Å². The standard InChI is InChI=1S/C19H26N2O/c22-19(13-20-12-14-8-9-14)21(16-10-11-16)18-7-3-5-15-4-1-2-6-17(15)18/h1-2,4,6,14,16,18,20H,3,5,7-13H2. The lowest BCUT2D eigenvalue weighted by molar-refractivity contribution is -0.133. The molecule has 0 spiro atoms. The van der Waals surface area contributed by atoms with Crippen LogP contribution < -0.4 is 5.32 Å². The molecule has 0 saturated heterocycles. The van der Waals surface area contributed by atoms with Crippen LogP contribution in [0.2, 0.25) is 0 Å². The quantitative estimate of drug-likeness (QED) is 0.875. The molecule has 0 bridgehead atoms. The van der Waals surface area contributed by atoms with Crippen LogP contribution in [0.25, 0.3) is 0 Å². The van der Waals surface area contributed by atoms with Gasteiger partial charge < -0.3 is 10.2 Å². The molecule has 2 saturated carbocycles. The molecule has 1 N–H and O–H groups in total. The third-order valence-corrected chi connectivity index (χ3v) is 5.31. The van der Waals surface area contributed by atoms with Gasteiger partial charge in [0.05, 0.1) is 12.6 Å². The van der Waals surface area contributed by atoms with Gasteiger partial charge in [-0.15, -0.1) is 0 Å². The predicted octanol–water partition coefficient (Wildman–Crippen LogP) is 3.05. The summed E-state index contributed by atoms with van der Waals surface area (Å²) in [7, 11) is 0. The number of carbonyl (C=O) groups is 1. The summed E-state index contributed by atoms with van der Waals surface area (Å²) in [6, 6.07) is 9.53. The first-order chi connectivity index (χ1) is 10.8. The van der Waals surface area contributed by atoms with Crippen LogP contribution in [0.15, 0.2) is 24.3 Å². The Morgan fingerprint density at radius 1 is 1.14 bits per heavy atom. The van der Waals surface area contributed by atoms with E-state index in [0.29, 0.717) is 24.5 Å². The van der Waals surface area contributed by atoms with Gasteiger partial charge in [-0.05, 0) is 68.5 Å². The summed E-state index contributed by atoms with van der Waals surface area (Å²) in [5.74, 6) is 1.14. The van der Waals surface area contributed by atoms with E-state index in [1.54, 1.807) is 0 Å². The maximum absolute atomic E-state index is 12.8. The molecular weight excluding hydrogens is 272 g/mol. The molecule has 1 amide bonds.